The summed E-state index contributed by atoms with van der Waals surface area (Å²) in [6.45, 7) is 3.85. The normalized spacial score (nSPS) is 9.95. The number of ketones is 1. The Bertz CT molecular complexity index is 582. The quantitative estimate of drug-likeness (QED) is 0.420. The number of benzene rings is 1. The first kappa shape index (κ1) is 17.3. The molecule has 1 aromatic carbocycles. The van der Waals surface area contributed by atoms with Crippen molar-refractivity contribution in [3.05, 3.63) is 51.8 Å². The third kappa shape index (κ3) is 5.00. The van der Waals surface area contributed by atoms with Crippen LogP contribution in [0, 0.1) is 13.8 Å². The lowest BCUT2D eigenvalue weighted by molar-refractivity contribution is -0.0000118. The molecule has 0 bridgehead atoms. The standard InChI is InChI=1S/C14H13BrN2OS.BrH/c1-9-7-10(2)17-14(16-9)19-8-13(18)11-3-5-12(15)6-4-11;/h3-7H,8H2,1-2H3;1H/p-1. The number of carbonyl (C=O) groups excluding carboxylic acids is 1. The molecule has 0 amide bonds. The Kier molecular flexibility index (Phi) is 6.85. The molecule has 1 heterocycles. The summed E-state index contributed by atoms with van der Waals surface area (Å²) in [4.78, 5) is 20.6. The number of halogens is 2. The summed E-state index contributed by atoms with van der Waals surface area (Å²) in [5.41, 5.74) is 2.55. The number of hydrogen-bond acceptors (Lipinski definition) is 4. The van der Waals surface area contributed by atoms with E-state index in [9.17, 15) is 4.79 Å². The molecule has 0 aliphatic heterocycles. The molecule has 2 rings (SSSR count). The number of thioether (sulfide) groups is 1. The molecular formula is C14H13Br2N2OS-. The van der Waals surface area contributed by atoms with E-state index in [0.717, 1.165) is 15.9 Å². The summed E-state index contributed by atoms with van der Waals surface area (Å²) < 4.78 is 0.967. The molecular weight excluding hydrogens is 404 g/mol. The van der Waals surface area contributed by atoms with E-state index in [-0.39, 0.29) is 22.8 Å². The molecule has 0 fully saturated rings. The van der Waals surface area contributed by atoms with Crippen molar-refractivity contribution in [1.82, 2.24) is 9.97 Å². The zero-order valence-electron chi connectivity index (χ0n) is 11.1. The van der Waals surface area contributed by atoms with E-state index in [1.54, 1.807) is 0 Å². The first-order valence-corrected chi connectivity index (χ1v) is 7.56. The second-order valence-corrected chi connectivity index (χ2v) is 6.01. The van der Waals surface area contributed by atoms with Gasteiger partial charge in [0.15, 0.2) is 10.9 Å². The maximum absolute atomic E-state index is 12.0. The Hall–Kier alpha value is -0.720. The SMILES string of the molecule is Cc1cc(C)nc(SCC(=O)c2ccc(Br)cc2)n1.[Br-]. The smallest absolute Gasteiger partial charge is 0.188 e. The van der Waals surface area contributed by atoms with Gasteiger partial charge in [-0.25, -0.2) is 9.97 Å². The van der Waals surface area contributed by atoms with Gasteiger partial charge in [0.05, 0.1) is 5.75 Å². The highest BCUT2D eigenvalue weighted by atomic mass is 79.9. The van der Waals surface area contributed by atoms with Crippen LogP contribution in [0.1, 0.15) is 21.7 Å². The molecule has 0 N–H and O–H groups in total. The molecule has 0 aliphatic carbocycles. The minimum atomic E-state index is 0. The van der Waals surface area contributed by atoms with Crippen LogP contribution >= 0.6 is 27.7 Å². The van der Waals surface area contributed by atoms with Crippen LogP contribution in [-0.2, 0) is 0 Å². The topological polar surface area (TPSA) is 42.9 Å². The Morgan fingerprint density at radius 2 is 1.70 bits per heavy atom. The Morgan fingerprint density at radius 1 is 1.15 bits per heavy atom. The molecule has 1 aromatic heterocycles. The van der Waals surface area contributed by atoms with Gasteiger partial charge in [0.2, 0.25) is 0 Å². The third-order valence-corrected chi connectivity index (χ3v) is 3.84. The van der Waals surface area contributed by atoms with Crippen LogP contribution in [0.2, 0.25) is 0 Å². The third-order valence-electron chi connectivity index (χ3n) is 2.46. The molecule has 0 atom stereocenters. The average Bonchev–Trinajstić information content (AvgIpc) is 2.36. The van der Waals surface area contributed by atoms with Crippen LogP contribution in [0.15, 0.2) is 40.0 Å². The van der Waals surface area contributed by atoms with Crippen molar-refractivity contribution in [2.24, 2.45) is 0 Å². The predicted molar refractivity (Wildman–Crippen MR) is 80.7 cm³/mol. The van der Waals surface area contributed by atoms with Gasteiger partial charge in [-0.1, -0.05) is 39.8 Å². The van der Waals surface area contributed by atoms with Gasteiger partial charge in [0.1, 0.15) is 0 Å². The average molecular weight is 417 g/mol. The Balaban J connectivity index is 0.00000200. The largest absolute Gasteiger partial charge is 1.00 e. The summed E-state index contributed by atoms with van der Waals surface area (Å²) >= 11 is 4.72. The van der Waals surface area contributed by atoms with Gasteiger partial charge in [-0.05, 0) is 32.0 Å². The Morgan fingerprint density at radius 3 is 2.25 bits per heavy atom. The van der Waals surface area contributed by atoms with Crippen molar-refractivity contribution < 1.29 is 21.8 Å². The van der Waals surface area contributed by atoms with Crippen molar-refractivity contribution in [1.29, 1.82) is 0 Å². The molecule has 0 spiro atoms. The fraction of sp³-hybridized carbons (Fsp3) is 0.214. The number of aryl methyl sites for hydroxylation is 2. The molecule has 3 nitrogen and oxygen atoms in total. The van der Waals surface area contributed by atoms with Crippen molar-refractivity contribution in [3.8, 4) is 0 Å². The number of Topliss-reactive ketones (excluding diaryl/α,β-unsaturated/α-hetero) is 1. The summed E-state index contributed by atoms with van der Waals surface area (Å²) in [7, 11) is 0. The lowest BCUT2D eigenvalue weighted by atomic mass is 10.2. The molecule has 6 heteroatoms. The maximum atomic E-state index is 12.0. The lowest BCUT2D eigenvalue weighted by Gasteiger charge is -2.03. The monoisotopic (exact) mass is 415 g/mol. The van der Waals surface area contributed by atoms with Crippen LogP contribution in [0.5, 0.6) is 0 Å². The van der Waals surface area contributed by atoms with E-state index in [1.807, 2.05) is 44.2 Å². The zero-order valence-corrected chi connectivity index (χ0v) is 15.0. The number of nitrogens with zero attached hydrogens (tertiary/aromatic N) is 2. The zero-order chi connectivity index (χ0) is 13.8. The fourth-order valence-corrected chi connectivity index (χ4v) is 2.72. The van der Waals surface area contributed by atoms with E-state index in [2.05, 4.69) is 25.9 Å². The molecule has 0 saturated heterocycles. The van der Waals surface area contributed by atoms with Gasteiger partial charge >= 0.3 is 0 Å². The van der Waals surface area contributed by atoms with Gasteiger partial charge in [0.25, 0.3) is 0 Å². The lowest BCUT2D eigenvalue weighted by Crippen LogP contribution is -3.00. The number of hydrogen-bond donors (Lipinski definition) is 0. The van der Waals surface area contributed by atoms with Gasteiger partial charge in [-0.15, -0.1) is 0 Å². The summed E-state index contributed by atoms with van der Waals surface area (Å²) in [6, 6.07) is 9.28. The highest BCUT2D eigenvalue weighted by molar-refractivity contribution is 9.10. The number of carbonyl (C=O) groups is 1. The summed E-state index contributed by atoms with van der Waals surface area (Å²) in [5.74, 6) is 0.435. The Labute approximate surface area is 141 Å². The van der Waals surface area contributed by atoms with Gasteiger partial charge in [-0.2, -0.15) is 0 Å². The van der Waals surface area contributed by atoms with Crippen molar-refractivity contribution in [2.45, 2.75) is 19.0 Å². The van der Waals surface area contributed by atoms with E-state index in [1.165, 1.54) is 11.8 Å². The van der Waals surface area contributed by atoms with Crippen LogP contribution in [-0.4, -0.2) is 21.5 Å². The predicted octanol–water partition coefficient (Wildman–Crippen LogP) is 0.835. The van der Waals surface area contributed by atoms with Crippen LogP contribution in [0.25, 0.3) is 0 Å². The first-order valence-electron chi connectivity index (χ1n) is 5.78. The van der Waals surface area contributed by atoms with Crippen molar-refractivity contribution >= 4 is 33.5 Å². The summed E-state index contributed by atoms with van der Waals surface area (Å²) in [5, 5.41) is 0.656. The van der Waals surface area contributed by atoms with E-state index >= 15 is 0 Å². The van der Waals surface area contributed by atoms with E-state index < -0.39 is 0 Å². The molecule has 0 unspecified atom stereocenters. The molecule has 2 aromatic rings. The maximum Gasteiger partial charge on any atom is 0.188 e. The van der Waals surface area contributed by atoms with Crippen LogP contribution < -0.4 is 17.0 Å². The molecule has 0 aliphatic rings. The second kappa shape index (κ2) is 7.90. The van der Waals surface area contributed by atoms with Crippen LogP contribution in [0.4, 0.5) is 0 Å². The fourth-order valence-electron chi connectivity index (χ4n) is 1.61. The molecule has 0 saturated carbocycles. The molecule has 20 heavy (non-hydrogen) atoms. The minimum absolute atomic E-state index is 0. The van der Waals surface area contributed by atoms with Crippen molar-refractivity contribution in [2.75, 3.05) is 5.75 Å². The highest BCUT2D eigenvalue weighted by Crippen LogP contribution is 2.17. The van der Waals surface area contributed by atoms with E-state index in [4.69, 9.17) is 0 Å². The highest BCUT2D eigenvalue weighted by Gasteiger charge is 2.08. The van der Waals surface area contributed by atoms with Gasteiger partial charge in [-0.3, -0.25) is 4.79 Å². The number of aromatic nitrogens is 2. The second-order valence-electron chi connectivity index (χ2n) is 4.15. The number of rotatable bonds is 4. The molecule has 106 valence electrons. The van der Waals surface area contributed by atoms with Crippen molar-refractivity contribution in [3.63, 3.8) is 0 Å². The molecule has 0 radical (unpaired) electrons. The van der Waals surface area contributed by atoms with E-state index in [0.29, 0.717) is 16.5 Å². The van der Waals surface area contributed by atoms with Gasteiger partial charge < -0.3 is 17.0 Å². The first-order chi connectivity index (χ1) is 9.04. The van der Waals surface area contributed by atoms with Gasteiger partial charge in [0, 0.05) is 21.4 Å². The van der Waals surface area contributed by atoms with Crippen LogP contribution in [0.3, 0.4) is 0 Å². The summed E-state index contributed by atoms with van der Waals surface area (Å²) in [6.07, 6.45) is 0. The minimum Gasteiger partial charge on any atom is -1.00 e.